The second kappa shape index (κ2) is 11.9. The first-order chi connectivity index (χ1) is 14.4. The molecule has 0 radical (unpaired) electrons. The number of nitrogens with zero attached hydrogens (tertiary/aromatic N) is 1. The zero-order chi connectivity index (χ0) is 22.0. The fourth-order valence-corrected chi connectivity index (χ4v) is 4.09. The number of rotatable bonds is 13. The summed E-state index contributed by atoms with van der Waals surface area (Å²) in [6.45, 7) is 5.62. The Bertz CT molecular complexity index is 872. The number of pyridine rings is 1. The molecule has 2 rings (SSSR count). The Morgan fingerprint density at radius 1 is 1.10 bits per heavy atom. The van der Waals surface area contributed by atoms with Crippen LogP contribution < -0.4 is 14.2 Å². The molecule has 0 amide bonds. The number of benzene rings is 1. The Labute approximate surface area is 179 Å². The van der Waals surface area contributed by atoms with Crippen LogP contribution in [-0.2, 0) is 21.2 Å². The summed E-state index contributed by atoms with van der Waals surface area (Å²) >= 11 is 0. The minimum absolute atomic E-state index is 0.0972. The third-order valence-electron chi connectivity index (χ3n) is 4.85. The maximum Gasteiger partial charge on any atom is 0.256 e. The van der Waals surface area contributed by atoms with Crippen molar-refractivity contribution in [1.82, 2.24) is 9.71 Å². The lowest BCUT2D eigenvalue weighted by Crippen LogP contribution is -2.32. The summed E-state index contributed by atoms with van der Waals surface area (Å²) in [5.74, 6) is 1.39. The van der Waals surface area contributed by atoms with Gasteiger partial charge in [-0.1, -0.05) is 32.0 Å². The molecule has 0 saturated carbocycles. The van der Waals surface area contributed by atoms with Crippen molar-refractivity contribution in [3.63, 3.8) is 0 Å². The number of methoxy groups -OCH3 is 2. The van der Waals surface area contributed by atoms with Crippen LogP contribution in [0.3, 0.4) is 0 Å². The van der Waals surface area contributed by atoms with Crippen molar-refractivity contribution >= 4 is 10.0 Å². The highest BCUT2D eigenvalue weighted by molar-refractivity contribution is 7.89. The predicted octanol–water partition coefficient (Wildman–Crippen LogP) is 3.30. The van der Waals surface area contributed by atoms with Gasteiger partial charge in [-0.05, 0) is 42.0 Å². The van der Waals surface area contributed by atoms with Gasteiger partial charge in [-0.25, -0.2) is 18.1 Å². The molecule has 0 unspecified atom stereocenters. The predicted molar refractivity (Wildman–Crippen MR) is 116 cm³/mol. The molecule has 30 heavy (non-hydrogen) atoms. The molecule has 0 aliphatic carbocycles. The van der Waals surface area contributed by atoms with Crippen molar-refractivity contribution in [2.45, 2.75) is 31.6 Å². The lowest BCUT2D eigenvalue weighted by Gasteiger charge is -2.22. The Balaban J connectivity index is 2.07. The first-order valence-corrected chi connectivity index (χ1v) is 11.5. The highest BCUT2D eigenvalue weighted by Gasteiger charge is 2.20. The molecule has 8 heteroatoms. The van der Waals surface area contributed by atoms with Gasteiger partial charge in [-0.3, -0.25) is 0 Å². The smallest absolute Gasteiger partial charge is 0.256 e. The zero-order valence-electron chi connectivity index (χ0n) is 18.1. The van der Waals surface area contributed by atoms with Crippen LogP contribution in [0.5, 0.6) is 11.6 Å². The van der Waals surface area contributed by atoms with Crippen LogP contribution in [0.1, 0.15) is 25.8 Å². The molecule has 1 aromatic heterocycles. The second-order valence-electron chi connectivity index (χ2n) is 7.42. The molecule has 0 aliphatic rings. The summed E-state index contributed by atoms with van der Waals surface area (Å²) in [5, 5.41) is 0. The van der Waals surface area contributed by atoms with E-state index < -0.39 is 10.0 Å². The molecule has 0 spiro atoms. The minimum atomic E-state index is -3.54. The molecular formula is C22H32N2O5S. The fourth-order valence-electron chi connectivity index (χ4n) is 2.97. The maximum absolute atomic E-state index is 12.6. The van der Waals surface area contributed by atoms with Crippen LogP contribution >= 0.6 is 0 Å². The largest absolute Gasteiger partial charge is 0.488 e. The average Bonchev–Trinajstić information content (AvgIpc) is 2.74. The van der Waals surface area contributed by atoms with Gasteiger partial charge < -0.3 is 14.2 Å². The third kappa shape index (κ3) is 7.27. The van der Waals surface area contributed by atoms with E-state index in [4.69, 9.17) is 14.2 Å². The van der Waals surface area contributed by atoms with Gasteiger partial charge in [0.1, 0.15) is 0 Å². The van der Waals surface area contributed by atoms with Gasteiger partial charge in [-0.2, -0.15) is 0 Å². The van der Waals surface area contributed by atoms with Crippen molar-refractivity contribution in [1.29, 1.82) is 0 Å². The molecule has 0 fully saturated rings. The van der Waals surface area contributed by atoms with E-state index in [-0.39, 0.29) is 16.7 Å². The SMILES string of the molecule is COCCCOc1cc(C[C@H](CNS(=O)(=O)c2ccccc2)C(C)C)cnc1OC. The Kier molecular flexibility index (Phi) is 9.55. The number of aromatic nitrogens is 1. The molecule has 0 aliphatic heterocycles. The van der Waals surface area contributed by atoms with Gasteiger partial charge in [-0.15, -0.1) is 0 Å². The van der Waals surface area contributed by atoms with E-state index in [9.17, 15) is 8.42 Å². The molecule has 7 nitrogen and oxygen atoms in total. The third-order valence-corrected chi connectivity index (χ3v) is 6.29. The van der Waals surface area contributed by atoms with E-state index in [0.29, 0.717) is 37.8 Å². The quantitative estimate of drug-likeness (QED) is 0.485. The average molecular weight is 437 g/mol. The summed E-state index contributed by atoms with van der Waals surface area (Å²) in [6, 6.07) is 10.3. The minimum Gasteiger partial charge on any atom is -0.488 e. The summed E-state index contributed by atoms with van der Waals surface area (Å²) in [7, 11) is -0.331. The Hall–Kier alpha value is -2.16. The van der Waals surface area contributed by atoms with Gasteiger partial charge in [0.2, 0.25) is 10.0 Å². The monoisotopic (exact) mass is 436 g/mol. The van der Waals surface area contributed by atoms with E-state index in [2.05, 4.69) is 23.6 Å². The molecular weight excluding hydrogens is 404 g/mol. The lowest BCUT2D eigenvalue weighted by atomic mass is 9.90. The first-order valence-electron chi connectivity index (χ1n) is 10.1. The number of nitrogens with one attached hydrogen (secondary N) is 1. The van der Waals surface area contributed by atoms with E-state index in [1.165, 1.54) is 0 Å². The van der Waals surface area contributed by atoms with Gasteiger partial charge in [0.15, 0.2) is 5.75 Å². The molecule has 2 aromatic rings. The van der Waals surface area contributed by atoms with Crippen molar-refractivity contribution in [2.75, 3.05) is 34.0 Å². The van der Waals surface area contributed by atoms with E-state index in [0.717, 1.165) is 12.0 Å². The summed E-state index contributed by atoms with van der Waals surface area (Å²) in [5.41, 5.74) is 0.968. The molecule has 1 N–H and O–H groups in total. The van der Waals surface area contributed by atoms with Crippen LogP contribution in [0, 0.1) is 11.8 Å². The molecule has 166 valence electrons. The summed E-state index contributed by atoms with van der Waals surface area (Å²) in [4.78, 5) is 4.62. The molecule has 1 aromatic carbocycles. The van der Waals surface area contributed by atoms with Gasteiger partial charge in [0, 0.05) is 32.9 Å². The highest BCUT2D eigenvalue weighted by atomic mass is 32.2. The second-order valence-corrected chi connectivity index (χ2v) is 9.19. The highest BCUT2D eigenvalue weighted by Crippen LogP contribution is 2.27. The molecule has 1 heterocycles. The van der Waals surface area contributed by atoms with Crippen LogP contribution in [0.2, 0.25) is 0 Å². The van der Waals surface area contributed by atoms with Gasteiger partial charge in [0.25, 0.3) is 5.88 Å². The fraction of sp³-hybridized carbons (Fsp3) is 0.500. The zero-order valence-corrected chi connectivity index (χ0v) is 18.9. The number of ether oxygens (including phenoxy) is 3. The normalized spacial score (nSPS) is 12.7. The van der Waals surface area contributed by atoms with Crippen LogP contribution in [0.25, 0.3) is 0 Å². The topological polar surface area (TPSA) is 86.8 Å². The van der Waals surface area contributed by atoms with Gasteiger partial charge >= 0.3 is 0 Å². The van der Waals surface area contributed by atoms with Crippen LogP contribution in [-0.4, -0.2) is 47.4 Å². The van der Waals surface area contributed by atoms with Crippen molar-refractivity contribution in [3.8, 4) is 11.6 Å². The number of hydrogen-bond donors (Lipinski definition) is 1. The molecule has 1 atom stereocenters. The number of hydrogen-bond acceptors (Lipinski definition) is 6. The lowest BCUT2D eigenvalue weighted by molar-refractivity contribution is 0.170. The first kappa shape index (κ1) is 24.1. The van der Waals surface area contributed by atoms with E-state index in [1.54, 1.807) is 50.7 Å². The van der Waals surface area contributed by atoms with Crippen molar-refractivity contribution in [3.05, 3.63) is 48.2 Å². The van der Waals surface area contributed by atoms with Gasteiger partial charge in [0.05, 0.1) is 18.6 Å². The summed E-state index contributed by atoms with van der Waals surface area (Å²) < 4.78 is 44.0. The van der Waals surface area contributed by atoms with E-state index in [1.807, 2.05) is 6.07 Å². The van der Waals surface area contributed by atoms with Crippen molar-refractivity contribution < 1.29 is 22.6 Å². The molecule has 0 bridgehead atoms. The van der Waals surface area contributed by atoms with Crippen LogP contribution in [0.15, 0.2) is 47.5 Å². The molecule has 0 saturated heterocycles. The number of sulfonamides is 1. The Morgan fingerprint density at radius 3 is 2.47 bits per heavy atom. The summed E-state index contributed by atoms with van der Waals surface area (Å²) in [6.07, 6.45) is 3.18. The van der Waals surface area contributed by atoms with Crippen molar-refractivity contribution in [2.24, 2.45) is 11.8 Å². The standard InChI is InChI=1S/C22H32N2O5S/c1-17(2)19(16-24-30(25,26)20-9-6-5-7-10-20)13-18-14-21(22(28-4)23-15-18)29-12-8-11-27-3/h5-7,9-10,14-15,17,19,24H,8,11-13,16H2,1-4H3/t19-/m1/s1. The van der Waals surface area contributed by atoms with E-state index >= 15 is 0 Å². The maximum atomic E-state index is 12.6. The Morgan fingerprint density at radius 2 is 1.83 bits per heavy atom. The van der Waals surface area contributed by atoms with Crippen LogP contribution in [0.4, 0.5) is 0 Å².